The maximum atomic E-state index is 13.7. The quantitative estimate of drug-likeness (QED) is 0.344. The van der Waals surface area contributed by atoms with Gasteiger partial charge in [0.1, 0.15) is 17.0 Å². The summed E-state index contributed by atoms with van der Waals surface area (Å²) in [5.74, 6) is -0.125. The number of hydrogen-bond donors (Lipinski definition) is 1. The molecule has 1 fully saturated rings. The lowest BCUT2D eigenvalue weighted by Crippen LogP contribution is -2.51. The molecule has 1 aliphatic heterocycles. The fourth-order valence-electron chi connectivity index (χ4n) is 4.49. The van der Waals surface area contributed by atoms with Crippen LogP contribution in [0.5, 0.6) is 0 Å². The van der Waals surface area contributed by atoms with E-state index in [-0.39, 0.29) is 23.7 Å². The van der Waals surface area contributed by atoms with Crippen LogP contribution in [0.3, 0.4) is 0 Å². The molecule has 6 nitrogen and oxygen atoms in total. The molecule has 2 unspecified atom stereocenters. The maximum Gasteiger partial charge on any atom is 0.295 e. The lowest BCUT2D eigenvalue weighted by Gasteiger charge is -2.39. The molecule has 0 saturated carbocycles. The third-order valence-corrected chi connectivity index (χ3v) is 7.49. The number of nitrogens with zero attached hydrogens (tertiary/aromatic N) is 3. The molecule has 34 heavy (non-hydrogen) atoms. The highest BCUT2D eigenvalue weighted by atomic mass is 35.5. The average molecular weight is 499 g/mol. The number of aryl methyl sites for hydroxylation is 1. The lowest BCUT2D eigenvalue weighted by atomic mass is 9.90. The second-order valence-corrected chi connectivity index (χ2v) is 10.3. The number of fused-ring (bicyclic) bond motifs is 1. The molecule has 0 radical (unpaired) electrons. The monoisotopic (exact) mass is 498 g/mol. The van der Waals surface area contributed by atoms with Crippen molar-refractivity contribution >= 4 is 46.0 Å². The van der Waals surface area contributed by atoms with E-state index in [9.17, 15) is 9.18 Å². The number of carbonyl (C=O) groups is 1. The second kappa shape index (κ2) is 9.35. The van der Waals surface area contributed by atoms with Gasteiger partial charge in [-0.25, -0.2) is 9.37 Å². The van der Waals surface area contributed by atoms with Gasteiger partial charge in [0.25, 0.3) is 11.9 Å². The van der Waals surface area contributed by atoms with Crippen LogP contribution < -0.4 is 5.32 Å². The van der Waals surface area contributed by atoms with Crippen molar-refractivity contribution in [2.45, 2.75) is 32.7 Å². The minimum Gasteiger partial charge on any atom is -0.424 e. The molecule has 4 aromatic rings. The smallest absolute Gasteiger partial charge is 0.295 e. The average Bonchev–Trinajstić information content (AvgIpc) is 3.40. The number of anilines is 1. The van der Waals surface area contributed by atoms with E-state index in [0.29, 0.717) is 40.9 Å². The zero-order valence-corrected chi connectivity index (χ0v) is 20.4. The standard InChI is InChI=1S/C25H24ClFN4O2S/c1-14-4-3-11-31(20(14)13-28-25-30-19-12-17(26)7-10-21(19)33-25)24(32)22-23(34-15(2)29-22)16-5-8-18(27)9-6-16/h5-10,12,14,20H,3-4,11,13H2,1-2H3,(H,28,30). The van der Waals surface area contributed by atoms with Gasteiger partial charge in [0.2, 0.25) is 0 Å². The summed E-state index contributed by atoms with van der Waals surface area (Å²) < 4.78 is 19.2. The van der Waals surface area contributed by atoms with Gasteiger partial charge < -0.3 is 14.6 Å². The molecule has 9 heteroatoms. The number of rotatable bonds is 5. The van der Waals surface area contributed by atoms with Crippen molar-refractivity contribution in [3.63, 3.8) is 0 Å². The summed E-state index contributed by atoms with van der Waals surface area (Å²) in [6.45, 7) is 5.19. The zero-order valence-electron chi connectivity index (χ0n) is 18.8. The molecule has 2 aromatic carbocycles. The topological polar surface area (TPSA) is 71.3 Å². The molecule has 176 valence electrons. The van der Waals surface area contributed by atoms with E-state index in [1.165, 1.54) is 23.5 Å². The number of piperidine rings is 1. The van der Waals surface area contributed by atoms with E-state index in [1.54, 1.807) is 30.3 Å². The van der Waals surface area contributed by atoms with Crippen molar-refractivity contribution in [1.82, 2.24) is 14.9 Å². The van der Waals surface area contributed by atoms with Gasteiger partial charge in [0, 0.05) is 18.1 Å². The van der Waals surface area contributed by atoms with Gasteiger partial charge in [-0.15, -0.1) is 11.3 Å². The summed E-state index contributed by atoms with van der Waals surface area (Å²) in [7, 11) is 0. The Kier molecular flexibility index (Phi) is 6.27. The van der Waals surface area contributed by atoms with E-state index in [1.807, 2.05) is 11.8 Å². The van der Waals surface area contributed by atoms with Crippen molar-refractivity contribution < 1.29 is 13.6 Å². The summed E-state index contributed by atoms with van der Waals surface area (Å²) in [4.78, 5) is 25.4. The Bertz CT molecular complexity index is 1340. The van der Waals surface area contributed by atoms with Gasteiger partial charge >= 0.3 is 0 Å². The number of oxazole rings is 1. The molecule has 3 heterocycles. The van der Waals surface area contributed by atoms with Crippen LogP contribution in [0, 0.1) is 18.7 Å². The largest absolute Gasteiger partial charge is 0.424 e. The van der Waals surface area contributed by atoms with Gasteiger partial charge in [-0.2, -0.15) is 4.98 Å². The van der Waals surface area contributed by atoms with Crippen LogP contribution in [0.15, 0.2) is 46.9 Å². The zero-order chi connectivity index (χ0) is 23.8. The van der Waals surface area contributed by atoms with Gasteiger partial charge in [-0.1, -0.05) is 30.7 Å². The molecule has 0 aliphatic carbocycles. The number of hydrogen-bond acceptors (Lipinski definition) is 6. The Morgan fingerprint density at radius 3 is 2.85 bits per heavy atom. The van der Waals surface area contributed by atoms with E-state index >= 15 is 0 Å². The summed E-state index contributed by atoms with van der Waals surface area (Å²) in [6.07, 6.45) is 1.96. The SMILES string of the molecule is Cc1nc(C(=O)N2CCCC(C)C2CNc2nc3cc(Cl)ccc3o2)c(-c2ccc(F)cc2)s1. The number of likely N-dealkylation sites (tertiary alicyclic amines) is 1. The molecule has 2 atom stereocenters. The van der Waals surface area contributed by atoms with Crippen LogP contribution in [0.1, 0.15) is 35.3 Å². The van der Waals surface area contributed by atoms with Crippen LogP contribution in [0.2, 0.25) is 5.02 Å². The fraction of sp³-hybridized carbons (Fsp3) is 0.320. The van der Waals surface area contributed by atoms with Crippen molar-refractivity contribution in [2.75, 3.05) is 18.4 Å². The van der Waals surface area contributed by atoms with Crippen molar-refractivity contribution in [1.29, 1.82) is 0 Å². The Balaban J connectivity index is 1.39. The first kappa shape index (κ1) is 22.8. The minimum absolute atomic E-state index is 0.0528. The van der Waals surface area contributed by atoms with Crippen LogP contribution in [0.4, 0.5) is 10.4 Å². The number of aromatic nitrogens is 2. The van der Waals surface area contributed by atoms with Crippen LogP contribution in [-0.2, 0) is 0 Å². The Morgan fingerprint density at radius 1 is 1.26 bits per heavy atom. The summed E-state index contributed by atoms with van der Waals surface area (Å²) in [6, 6.07) is 11.8. The minimum atomic E-state index is -0.310. The first-order valence-corrected chi connectivity index (χ1v) is 12.4. The van der Waals surface area contributed by atoms with E-state index < -0.39 is 0 Å². The van der Waals surface area contributed by atoms with E-state index in [4.69, 9.17) is 16.0 Å². The predicted molar refractivity (Wildman–Crippen MR) is 133 cm³/mol. The van der Waals surface area contributed by atoms with Gasteiger partial charge in [-0.3, -0.25) is 4.79 Å². The van der Waals surface area contributed by atoms with Gasteiger partial charge in [0.15, 0.2) is 5.58 Å². The second-order valence-electron chi connectivity index (χ2n) is 8.61. The van der Waals surface area contributed by atoms with Crippen molar-refractivity contribution in [2.24, 2.45) is 5.92 Å². The third-order valence-electron chi connectivity index (χ3n) is 6.23. The summed E-state index contributed by atoms with van der Waals surface area (Å²) in [5.41, 5.74) is 2.55. The number of thiazole rings is 1. The van der Waals surface area contributed by atoms with E-state index in [0.717, 1.165) is 28.3 Å². The highest BCUT2D eigenvalue weighted by Gasteiger charge is 2.34. The molecule has 0 bridgehead atoms. The normalized spacial score (nSPS) is 18.4. The third kappa shape index (κ3) is 4.52. The molecule has 1 N–H and O–H groups in total. The molecular formula is C25H24ClFN4O2S. The molecule has 0 spiro atoms. The first-order chi connectivity index (χ1) is 16.4. The van der Waals surface area contributed by atoms with Crippen molar-refractivity contribution in [3.8, 4) is 10.4 Å². The molecular weight excluding hydrogens is 475 g/mol. The molecule has 1 saturated heterocycles. The molecule has 2 aromatic heterocycles. The molecule has 1 amide bonds. The van der Waals surface area contributed by atoms with Gasteiger partial charge in [-0.05, 0) is 61.6 Å². The maximum absolute atomic E-state index is 13.7. The van der Waals surface area contributed by atoms with Crippen LogP contribution in [-0.4, -0.2) is 39.9 Å². The Hall–Kier alpha value is -2.97. The van der Waals surface area contributed by atoms with Crippen LogP contribution in [0.25, 0.3) is 21.5 Å². The van der Waals surface area contributed by atoms with Gasteiger partial charge in [0.05, 0.1) is 15.9 Å². The Labute approximate surface area is 205 Å². The predicted octanol–water partition coefficient (Wildman–Crippen LogP) is 6.41. The summed E-state index contributed by atoms with van der Waals surface area (Å²) >= 11 is 7.50. The van der Waals surface area contributed by atoms with Crippen LogP contribution >= 0.6 is 22.9 Å². The number of nitrogens with one attached hydrogen (secondary N) is 1. The van der Waals surface area contributed by atoms with Crippen molar-refractivity contribution in [3.05, 3.63) is 64.0 Å². The number of halogens is 2. The molecule has 5 rings (SSSR count). The summed E-state index contributed by atoms with van der Waals surface area (Å²) in [5, 5.41) is 4.67. The number of amides is 1. The highest BCUT2D eigenvalue weighted by Crippen LogP contribution is 2.33. The molecule has 1 aliphatic rings. The first-order valence-electron chi connectivity index (χ1n) is 11.2. The highest BCUT2D eigenvalue weighted by molar-refractivity contribution is 7.15. The lowest BCUT2D eigenvalue weighted by molar-refractivity contribution is 0.0534. The number of benzene rings is 2. The van der Waals surface area contributed by atoms with E-state index in [2.05, 4.69) is 22.2 Å². The Morgan fingerprint density at radius 2 is 2.06 bits per heavy atom. The number of carbonyl (C=O) groups excluding carboxylic acids is 1. The fourth-order valence-corrected chi connectivity index (χ4v) is 5.57.